The number of halogens is 1. The van der Waals surface area contributed by atoms with E-state index in [1.807, 2.05) is 20.8 Å². The number of ether oxygens (including phenoxy) is 1. The van der Waals surface area contributed by atoms with Crippen LogP contribution in [0.3, 0.4) is 0 Å². The number of nitrogens with zero attached hydrogens (tertiary/aromatic N) is 1. The minimum atomic E-state index is -0.437. The molecule has 2 rings (SSSR count). The zero-order valence-electron chi connectivity index (χ0n) is 16.1. The van der Waals surface area contributed by atoms with Gasteiger partial charge in [-0.2, -0.15) is 0 Å². The van der Waals surface area contributed by atoms with Crippen LogP contribution in [-0.2, 0) is 11.3 Å². The summed E-state index contributed by atoms with van der Waals surface area (Å²) >= 11 is 3.57. The minimum Gasteiger partial charge on any atom is -0.444 e. The fourth-order valence-electron chi connectivity index (χ4n) is 3.30. The molecule has 1 N–H and O–H groups in total. The zero-order valence-corrected chi connectivity index (χ0v) is 17.7. The van der Waals surface area contributed by atoms with Crippen LogP contribution in [0.4, 0.5) is 4.79 Å². The first-order valence-electron chi connectivity index (χ1n) is 9.09. The summed E-state index contributed by atoms with van der Waals surface area (Å²) in [5.41, 5.74) is 3.70. The first kappa shape index (κ1) is 20.2. The largest absolute Gasteiger partial charge is 0.444 e. The number of carbonyl (C=O) groups is 1. The third kappa shape index (κ3) is 6.63. The normalized spacial score (nSPS) is 16.7. The topological polar surface area (TPSA) is 41.6 Å². The SMILES string of the molecule is Cc1cc(Br)cc(C)c1CN1CCC(CNC(=O)OC(C)(C)C)CC1. The lowest BCUT2D eigenvalue weighted by atomic mass is 9.95. The Morgan fingerprint density at radius 1 is 1.24 bits per heavy atom. The summed E-state index contributed by atoms with van der Waals surface area (Å²) in [6.45, 7) is 13.9. The van der Waals surface area contributed by atoms with Crippen molar-refractivity contribution in [3.8, 4) is 0 Å². The van der Waals surface area contributed by atoms with Crippen LogP contribution >= 0.6 is 15.9 Å². The van der Waals surface area contributed by atoms with E-state index in [9.17, 15) is 4.79 Å². The molecule has 0 aliphatic carbocycles. The van der Waals surface area contributed by atoms with Crippen molar-refractivity contribution in [2.75, 3.05) is 19.6 Å². The van der Waals surface area contributed by atoms with Gasteiger partial charge in [-0.1, -0.05) is 15.9 Å². The van der Waals surface area contributed by atoms with Gasteiger partial charge < -0.3 is 10.1 Å². The van der Waals surface area contributed by atoms with E-state index in [1.165, 1.54) is 16.7 Å². The number of piperidine rings is 1. The molecule has 5 heteroatoms. The molecule has 0 unspecified atom stereocenters. The van der Waals surface area contributed by atoms with Gasteiger partial charge in [-0.15, -0.1) is 0 Å². The lowest BCUT2D eigenvalue weighted by Crippen LogP contribution is -2.40. The summed E-state index contributed by atoms with van der Waals surface area (Å²) in [6.07, 6.45) is 1.92. The Bertz CT molecular complexity index is 579. The van der Waals surface area contributed by atoms with Gasteiger partial charge in [0.2, 0.25) is 0 Å². The second-order valence-electron chi connectivity index (χ2n) is 8.12. The molecular formula is C20H31BrN2O2. The van der Waals surface area contributed by atoms with Crippen LogP contribution in [0.25, 0.3) is 0 Å². The standard InChI is InChI=1S/C20H31BrN2O2/c1-14-10-17(21)11-15(2)18(14)13-23-8-6-16(7-9-23)12-22-19(24)25-20(3,4)5/h10-11,16H,6-9,12-13H2,1-5H3,(H,22,24). The van der Waals surface area contributed by atoms with Gasteiger partial charge in [0.15, 0.2) is 0 Å². The molecule has 1 aromatic carbocycles. The van der Waals surface area contributed by atoms with E-state index in [2.05, 4.69) is 52.1 Å². The molecule has 1 aliphatic heterocycles. The van der Waals surface area contributed by atoms with E-state index < -0.39 is 5.60 Å². The highest BCUT2D eigenvalue weighted by atomic mass is 79.9. The third-order valence-corrected chi connectivity index (χ3v) is 5.14. The summed E-state index contributed by atoms with van der Waals surface area (Å²) in [6, 6.07) is 4.39. The zero-order chi connectivity index (χ0) is 18.6. The van der Waals surface area contributed by atoms with E-state index in [1.54, 1.807) is 0 Å². The summed E-state index contributed by atoms with van der Waals surface area (Å²) in [7, 11) is 0. The van der Waals surface area contributed by atoms with Crippen molar-refractivity contribution < 1.29 is 9.53 Å². The smallest absolute Gasteiger partial charge is 0.407 e. The van der Waals surface area contributed by atoms with Crippen molar-refractivity contribution in [3.63, 3.8) is 0 Å². The van der Waals surface area contributed by atoms with Crippen molar-refractivity contribution in [1.29, 1.82) is 0 Å². The molecule has 25 heavy (non-hydrogen) atoms. The second kappa shape index (κ2) is 8.54. The van der Waals surface area contributed by atoms with Gasteiger partial charge in [0.05, 0.1) is 0 Å². The number of likely N-dealkylation sites (tertiary alicyclic amines) is 1. The van der Waals surface area contributed by atoms with Gasteiger partial charge in [0.1, 0.15) is 5.60 Å². The Balaban J connectivity index is 1.78. The van der Waals surface area contributed by atoms with E-state index in [-0.39, 0.29) is 6.09 Å². The van der Waals surface area contributed by atoms with Crippen LogP contribution in [0.15, 0.2) is 16.6 Å². The molecule has 1 fully saturated rings. The van der Waals surface area contributed by atoms with Crippen molar-refractivity contribution in [1.82, 2.24) is 10.2 Å². The first-order valence-corrected chi connectivity index (χ1v) is 9.88. The summed E-state index contributed by atoms with van der Waals surface area (Å²) in [5, 5.41) is 2.91. The molecule has 1 amide bonds. The number of nitrogens with one attached hydrogen (secondary N) is 1. The average Bonchev–Trinajstić information content (AvgIpc) is 2.48. The maximum absolute atomic E-state index is 11.8. The molecule has 0 atom stereocenters. The summed E-state index contributed by atoms with van der Waals surface area (Å²) in [4.78, 5) is 14.3. The number of rotatable bonds is 4. The molecule has 4 nitrogen and oxygen atoms in total. The molecule has 0 spiro atoms. The highest BCUT2D eigenvalue weighted by Gasteiger charge is 2.22. The van der Waals surface area contributed by atoms with Crippen LogP contribution in [0.2, 0.25) is 0 Å². The predicted molar refractivity (Wildman–Crippen MR) is 106 cm³/mol. The summed E-state index contributed by atoms with van der Waals surface area (Å²) < 4.78 is 6.45. The monoisotopic (exact) mass is 410 g/mol. The fraction of sp³-hybridized carbons (Fsp3) is 0.650. The molecule has 0 bridgehead atoms. The lowest BCUT2D eigenvalue weighted by molar-refractivity contribution is 0.0509. The molecule has 1 aromatic rings. The maximum atomic E-state index is 11.8. The van der Waals surface area contributed by atoms with Gasteiger partial charge in [-0.25, -0.2) is 4.79 Å². The van der Waals surface area contributed by atoms with E-state index >= 15 is 0 Å². The van der Waals surface area contributed by atoms with Gasteiger partial charge in [-0.3, -0.25) is 4.90 Å². The van der Waals surface area contributed by atoms with Crippen LogP contribution in [0.1, 0.15) is 50.3 Å². The highest BCUT2D eigenvalue weighted by molar-refractivity contribution is 9.10. The number of amides is 1. The Morgan fingerprint density at radius 3 is 2.32 bits per heavy atom. The first-order chi connectivity index (χ1) is 11.6. The van der Waals surface area contributed by atoms with Crippen molar-refractivity contribution in [2.45, 2.75) is 59.6 Å². The van der Waals surface area contributed by atoms with E-state index in [0.29, 0.717) is 12.5 Å². The molecule has 1 heterocycles. The number of alkyl carbamates (subject to hydrolysis) is 1. The molecule has 0 aromatic heterocycles. The third-order valence-electron chi connectivity index (χ3n) is 4.68. The average molecular weight is 411 g/mol. The quantitative estimate of drug-likeness (QED) is 0.774. The maximum Gasteiger partial charge on any atom is 0.407 e. The number of hydrogen-bond acceptors (Lipinski definition) is 3. The molecule has 0 radical (unpaired) electrons. The van der Waals surface area contributed by atoms with Gasteiger partial charge in [0, 0.05) is 17.6 Å². The molecule has 1 aliphatic rings. The van der Waals surface area contributed by atoms with Crippen LogP contribution < -0.4 is 5.32 Å². The Hall–Kier alpha value is -1.07. The summed E-state index contributed by atoms with van der Waals surface area (Å²) in [5.74, 6) is 0.538. The number of carbonyl (C=O) groups excluding carboxylic acids is 1. The number of hydrogen-bond donors (Lipinski definition) is 1. The predicted octanol–water partition coefficient (Wildman–Crippen LogP) is 4.80. The highest BCUT2D eigenvalue weighted by Crippen LogP contribution is 2.24. The molecule has 0 saturated carbocycles. The van der Waals surface area contributed by atoms with Gasteiger partial charge in [-0.05, 0) is 95.3 Å². The van der Waals surface area contributed by atoms with Crippen molar-refractivity contribution in [2.24, 2.45) is 5.92 Å². The van der Waals surface area contributed by atoms with Crippen molar-refractivity contribution >= 4 is 22.0 Å². The van der Waals surface area contributed by atoms with Crippen LogP contribution in [0.5, 0.6) is 0 Å². The minimum absolute atomic E-state index is 0.309. The fourth-order valence-corrected chi connectivity index (χ4v) is 3.99. The lowest BCUT2D eigenvalue weighted by Gasteiger charge is -2.33. The second-order valence-corrected chi connectivity index (χ2v) is 9.04. The Morgan fingerprint density at radius 2 is 1.80 bits per heavy atom. The van der Waals surface area contributed by atoms with E-state index in [0.717, 1.165) is 36.9 Å². The number of aryl methyl sites for hydroxylation is 2. The Labute approximate surface area is 160 Å². The van der Waals surface area contributed by atoms with Crippen molar-refractivity contribution in [3.05, 3.63) is 33.3 Å². The molecule has 140 valence electrons. The van der Waals surface area contributed by atoms with E-state index in [4.69, 9.17) is 4.74 Å². The van der Waals surface area contributed by atoms with Crippen LogP contribution in [0, 0.1) is 19.8 Å². The van der Waals surface area contributed by atoms with Gasteiger partial charge in [0.25, 0.3) is 0 Å². The van der Waals surface area contributed by atoms with Crippen LogP contribution in [-0.4, -0.2) is 36.2 Å². The molecule has 1 saturated heterocycles. The Kier molecular flexibility index (Phi) is 6.92. The molecular weight excluding hydrogens is 380 g/mol. The van der Waals surface area contributed by atoms with Gasteiger partial charge >= 0.3 is 6.09 Å². The number of benzene rings is 1.